The molecule has 0 aliphatic carbocycles. The normalized spacial score (nSPS) is 10.1. The zero-order valence-electron chi connectivity index (χ0n) is 8.40. The molecular weight excluding hydrogens is 209 g/mol. The Morgan fingerprint density at radius 3 is 2.94 bits per heavy atom. The van der Waals surface area contributed by atoms with Crippen molar-refractivity contribution in [2.75, 3.05) is 0 Å². The topological polar surface area (TPSA) is 57.8 Å². The van der Waals surface area contributed by atoms with Crippen molar-refractivity contribution in [3.8, 4) is 0 Å². The molecule has 2 N–H and O–H groups in total. The van der Waals surface area contributed by atoms with E-state index in [4.69, 9.17) is 0 Å². The zero-order valence-corrected chi connectivity index (χ0v) is 8.40. The van der Waals surface area contributed by atoms with E-state index in [1.54, 1.807) is 12.4 Å². The standard InChI is InChI=1S/C11H10FN3O/c12-10-2-1-9(7-14-10)11(16)15-6-8-3-4-13-5-8/h1-5,7,13H,6H2,(H,15,16). The van der Waals surface area contributed by atoms with Crippen LogP contribution in [0.2, 0.25) is 0 Å². The molecule has 5 heteroatoms. The monoisotopic (exact) mass is 219 g/mol. The van der Waals surface area contributed by atoms with E-state index in [2.05, 4.69) is 15.3 Å². The Bertz CT molecular complexity index is 464. The smallest absolute Gasteiger partial charge is 0.253 e. The number of rotatable bonds is 3. The molecule has 0 radical (unpaired) electrons. The summed E-state index contributed by atoms with van der Waals surface area (Å²) in [5.74, 6) is -0.865. The molecule has 0 unspecified atom stereocenters. The van der Waals surface area contributed by atoms with E-state index in [9.17, 15) is 9.18 Å². The van der Waals surface area contributed by atoms with Crippen molar-refractivity contribution in [3.63, 3.8) is 0 Å². The fourth-order valence-corrected chi connectivity index (χ4v) is 1.26. The lowest BCUT2D eigenvalue weighted by Crippen LogP contribution is -2.22. The number of amides is 1. The summed E-state index contributed by atoms with van der Waals surface area (Å²) in [5.41, 5.74) is 1.32. The van der Waals surface area contributed by atoms with Gasteiger partial charge < -0.3 is 10.3 Å². The van der Waals surface area contributed by atoms with Crippen LogP contribution in [-0.4, -0.2) is 15.9 Å². The van der Waals surface area contributed by atoms with Gasteiger partial charge in [0.15, 0.2) is 0 Å². The van der Waals surface area contributed by atoms with E-state index in [1.807, 2.05) is 6.07 Å². The maximum atomic E-state index is 12.5. The number of pyridine rings is 1. The van der Waals surface area contributed by atoms with Crippen LogP contribution >= 0.6 is 0 Å². The third-order valence-corrected chi connectivity index (χ3v) is 2.11. The first-order valence-corrected chi connectivity index (χ1v) is 4.77. The number of carbonyl (C=O) groups excluding carboxylic acids is 1. The number of hydrogen-bond donors (Lipinski definition) is 2. The number of aromatic nitrogens is 2. The van der Waals surface area contributed by atoms with Gasteiger partial charge in [0, 0.05) is 25.1 Å². The maximum absolute atomic E-state index is 12.5. The second kappa shape index (κ2) is 4.57. The molecule has 82 valence electrons. The average Bonchev–Trinajstić information content (AvgIpc) is 2.80. The molecule has 1 amide bonds. The first-order chi connectivity index (χ1) is 7.75. The Labute approximate surface area is 91.5 Å². The van der Waals surface area contributed by atoms with Crippen molar-refractivity contribution < 1.29 is 9.18 Å². The van der Waals surface area contributed by atoms with Crippen LogP contribution in [0.4, 0.5) is 4.39 Å². The average molecular weight is 219 g/mol. The zero-order chi connectivity index (χ0) is 11.4. The molecule has 2 heterocycles. The van der Waals surface area contributed by atoms with Crippen molar-refractivity contribution in [3.05, 3.63) is 53.9 Å². The second-order valence-corrected chi connectivity index (χ2v) is 3.27. The van der Waals surface area contributed by atoms with E-state index >= 15 is 0 Å². The first-order valence-electron chi connectivity index (χ1n) is 4.77. The lowest BCUT2D eigenvalue weighted by atomic mass is 10.2. The van der Waals surface area contributed by atoms with Gasteiger partial charge in [0.25, 0.3) is 5.91 Å². The first kappa shape index (κ1) is 10.4. The number of carbonyl (C=O) groups is 1. The van der Waals surface area contributed by atoms with Crippen molar-refractivity contribution in [2.24, 2.45) is 0 Å². The molecule has 0 saturated carbocycles. The van der Waals surface area contributed by atoms with E-state index in [-0.39, 0.29) is 5.91 Å². The number of H-pyrrole nitrogens is 1. The third kappa shape index (κ3) is 2.44. The SMILES string of the molecule is O=C(NCc1cc[nH]c1)c1ccc(F)nc1. The lowest BCUT2D eigenvalue weighted by Gasteiger charge is -2.02. The highest BCUT2D eigenvalue weighted by atomic mass is 19.1. The van der Waals surface area contributed by atoms with Gasteiger partial charge in [-0.15, -0.1) is 0 Å². The number of nitrogens with zero attached hydrogens (tertiary/aromatic N) is 1. The van der Waals surface area contributed by atoms with Gasteiger partial charge in [0.2, 0.25) is 5.95 Å². The molecular formula is C11H10FN3O. The van der Waals surface area contributed by atoms with Gasteiger partial charge >= 0.3 is 0 Å². The second-order valence-electron chi connectivity index (χ2n) is 3.27. The Hall–Kier alpha value is -2.17. The molecule has 2 aromatic rings. The number of aromatic amines is 1. The van der Waals surface area contributed by atoms with Gasteiger partial charge in [-0.1, -0.05) is 0 Å². The minimum Gasteiger partial charge on any atom is -0.367 e. The van der Waals surface area contributed by atoms with Crippen molar-refractivity contribution in [1.82, 2.24) is 15.3 Å². The van der Waals surface area contributed by atoms with E-state index < -0.39 is 5.95 Å². The molecule has 0 fully saturated rings. The minimum absolute atomic E-state index is 0.270. The molecule has 0 aliphatic heterocycles. The van der Waals surface area contributed by atoms with E-state index in [0.29, 0.717) is 12.1 Å². The molecule has 16 heavy (non-hydrogen) atoms. The van der Waals surface area contributed by atoms with Gasteiger partial charge in [-0.05, 0) is 23.8 Å². The van der Waals surface area contributed by atoms with Crippen LogP contribution < -0.4 is 5.32 Å². The van der Waals surface area contributed by atoms with Crippen LogP contribution in [0.15, 0.2) is 36.8 Å². The summed E-state index contributed by atoms with van der Waals surface area (Å²) < 4.78 is 12.5. The Balaban J connectivity index is 1.95. The molecule has 0 aromatic carbocycles. The predicted octanol–water partition coefficient (Wildman–Crippen LogP) is 1.48. The number of nitrogens with one attached hydrogen (secondary N) is 2. The van der Waals surface area contributed by atoms with Crippen molar-refractivity contribution in [1.29, 1.82) is 0 Å². The molecule has 0 spiro atoms. The summed E-state index contributed by atoms with van der Waals surface area (Å²) in [6.45, 7) is 0.430. The Kier molecular flexibility index (Phi) is 2.95. The number of hydrogen-bond acceptors (Lipinski definition) is 2. The highest BCUT2D eigenvalue weighted by molar-refractivity contribution is 5.93. The maximum Gasteiger partial charge on any atom is 0.253 e. The van der Waals surface area contributed by atoms with Crippen LogP contribution in [0.25, 0.3) is 0 Å². The van der Waals surface area contributed by atoms with Gasteiger partial charge in [-0.2, -0.15) is 4.39 Å². The minimum atomic E-state index is -0.595. The molecule has 0 saturated heterocycles. The molecule has 0 bridgehead atoms. The Morgan fingerprint density at radius 1 is 1.44 bits per heavy atom. The van der Waals surface area contributed by atoms with Crippen LogP contribution in [0.1, 0.15) is 15.9 Å². The largest absolute Gasteiger partial charge is 0.367 e. The van der Waals surface area contributed by atoms with Crippen LogP contribution in [-0.2, 0) is 6.54 Å². The van der Waals surface area contributed by atoms with Crippen molar-refractivity contribution in [2.45, 2.75) is 6.54 Å². The van der Waals surface area contributed by atoms with Crippen LogP contribution in [0, 0.1) is 5.95 Å². The van der Waals surface area contributed by atoms with Crippen LogP contribution in [0.3, 0.4) is 0 Å². The summed E-state index contributed by atoms with van der Waals surface area (Å²) in [4.78, 5) is 17.9. The fourth-order valence-electron chi connectivity index (χ4n) is 1.26. The lowest BCUT2D eigenvalue weighted by molar-refractivity contribution is 0.0950. The summed E-state index contributed by atoms with van der Waals surface area (Å²) in [5, 5.41) is 2.70. The quantitative estimate of drug-likeness (QED) is 0.768. The highest BCUT2D eigenvalue weighted by Crippen LogP contribution is 2.00. The summed E-state index contributed by atoms with van der Waals surface area (Å²) in [6, 6.07) is 4.42. The predicted molar refractivity (Wildman–Crippen MR) is 56.2 cm³/mol. The van der Waals surface area contributed by atoms with Gasteiger partial charge in [-0.25, -0.2) is 4.98 Å². The highest BCUT2D eigenvalue weighted by Gasteiger charge is 2.05. The van der Waals surface area contributed by atoms with Crippen molar-refractivity contribution >= 4 is 5.91 Å². The number of halogens is 1. The van der Waals surface area contributed by atoms with Crippen LogP contribution in [0.5, 0.6) is 0 Å². The molecule has 0 aliphatic rings. The summed E-state index contributed by atoms with van der Waals surface area (Å²) in [6.07, 6.45) is 4.78. The summed E-state index contributed by atoms with van der Waals surface area (Å²) in [7, 11) is 0. The molecule has 4 nitrogen and oxygen atoms in total. The van der Waals surface area contributed by atoms with E-state index in [1.165, 1.54) is 12.3 Å². The van der Waals surface area contributed by atoms with Gasteiger partial charge in [-0.3, -0.25) is 4.79 Å². The summed E-state index contributed by atoms with van der Waals surface area (Å²) >= 11 is 0. The fraction of sp³-hybridized carbons (Fsp3) is 0.0909. The third-order valence-electron chi connectivity index (χ3n) is 2.11. The van der Waals surface area contributed by atoms with Gasteiger partial charge in [0.1, 0.15) is 0 Å². The molecule has 2 rings (SSSR count). The molecule has 0 atom stereocenters. The molecule has 2 aromatic heterocycles. The van der Waals surface area contributed by atoms with E-state index in [0.717, 1.165) is 11.6 Å². The van der Waals surface area contributed by atoms with Gasteiger partial charge in [0.05, 0.1) is 5.56 Å². The Morgan fingerprint density at radius 2 is 2.31 bits per heavy atom.